The molecule has 6 nitrogen and oxygen atoms in total. The number of halogens is 2. The molecule has 21 heavy (non-hydrogen) atoms. The lowest BCUT2D eigenvalue weighted by atomic mass is 10.3. The van der Waals surface area contributed by atoms with Crippen LogP contribution in [0.2, 0.25) is 0 Å². The van der Waals surface area contributed by atoms with E-state index in [1.807, 2.05) is 4.72 Å². The predicted octanol–water partition coefficient (Wildman–Crippen LogP) is 3.30. The molecule has 0 spiro atoms. The number of benzene rings is 2. The largest absolute Gasteiger partial charge is 0.276 e. The molecule has 2 aromatic rings. The highest BCUT2D eigenvalue weighted by Gasteiger charge is 2.18. The van der Waals surface area contributed by atoms with E-state index in [1.165, 1.54) is 24.3 Å². The molecule has 0 radical (unpaired) electrons. The van der Waals surface area contributed by atoms with E-state index in [0.717, 1.165) is 18.2 Å². The van der Waals surface area contributed by atoms with Gasteiger partial charge in [0, 0.05) is 16.6 Å². The lowest BCUT2D eigenvalue weighted by Gasteiger charge is -2.09. The minimum absolute atomic E-state index is 0.0865. The van der Waals surface area contributed by atoms with Crippen molar-refractivity contribution in [2.24, 2.45) is 0 Å². The number of sulfonamides is 1. The molecule has 0 atom stereocenters. The third-order valence-corrected chi connectivity index (χ3v) is 4.44. The fraction of sp³-hybridized carbons (Fsp3) is 0. The molecule has 0 aliphatic rings. The quantitative estimate of drug-likeness (QED) is 0.656. The van der Waals surface area contributed by atoms with Gasteiger partial charge >= 0.3 is 0 Å². The maximum absolute atomic E-state index is 13.6. The minimum atomic E-state index is -4.03. The fourth-order valence-electron chi connectivity index (χ4n) is 1.52. The average molecular weight is 375 g/mol. The smallest absolute Gasteiger partial charge is 0.271 e. The van der Waals surface area contributed by atoms with Crippen LogP contribution in [0.25, 0.3) is 0 Å². The molecule has 1 N–H and O–H groups in total. The van der Waals surface area contributed by atoms with Crippen molar-refractivity contribution in [3.8, 4) is 0 Å². The Bertz CT molecular complexity index is 793. The molecule has 0 unspecified atom stereocenters. The number of nitro benzene ring substituents is 1. The van der Waals surface area contributed by atoms with Gasteiger partial charge in [-0.25, -0.2) is 12.8 Å². The van der Waals surface area contributed by atoms with Crippen molar-refractivity contribution in [3.63, 3.8) is 0 Å². The van der Waals surface area contributed by atoms with Crippen molar-refractivity contribution in [2.75, 3.05) is 4.72 Å². The summed E-state index contributed by atoms with van der Waals surface area (Å²) in [5.74, 6) is -0.902. The normalized spacial score (nSPS) is 11.1. The second kappa shape index (κ2) is 5.78. The summed E-state index contributed by atoms with van der Waals surface area (Å²) in [4.78, 5) is 9.81. The first kappa shape index (κ1) is 15.4. The number of hydrogen-bond donors (Lipinski definition) is 1. The summed E-state index contributed by atoms with van der Waals surface area (Å²) in [6.45, 7) is 0. The second-order valence-electron chi connectivity index (χ2n) is 3.98. The van der Waals surface area contributed by atoms with Crippen LogP contribution in [0.5, 0.6) is 0 Å². The van der Waals surface area contributed by atoms with Crippen molar-refractivity contribution in [1.29, 1.82) is 0 Å². The summed E-state index contributed by atoms with van der Waals surface area (Å²) < 4.78 is 40.4. The van der Waals surface area contributed by atoms with Crippen molar-refractivity contribution < 1.29 is 17.7 Å². The Morgan fingerprint density at radius 3 is 2.33 bits per heavy atom. The van der Waals surface area contributed by atoms with E-state index in [-0.39, 0.29) is 4.90 Å². The Balaban J connectivity index is 2.38. The number of nitro groups is 1. The molecule has 0 saturated heterocycles. The van der Waals surface area contributed by atoms with Crippen LogP contribution in [0, 0.1) is 15.9 Å². The SMILES string of the molecule is O=[N+]([O-])c1ccc(F)c(NS(=O)(=O)c2ccc(Br)cc2)c1. The van der Waals surface area contributed by atoms with Crippen molar-refractivity contribution in [3.05, 3.63) is 62.9 Å². The van der Waals surface area contributed by atoms with Gasteiger partial charge in [-0.05, 0) is 30.3 Å². The highest BCUT2D eigenvalue weighted by Crippen LogP contribution is 2.24. The number of nitrogens with one attached hydrogen (secondary N) is 1. The molecule has 0 aliphatic heterocycles. The Morgan fingerprint density at radius 1 is 1.14 bits per heavy atom. The zero-order valence-corrected chi connectivity index (χ0v) is 12.7. The average Bonchev–Trinajstić information content (AvgIpc) is 2.41. The third kappa shape index (κ3) is 3.56. The maximum Gasteiger partial charge on any atom is 0.271 e. The number of non-ortho nitro benzene ring substituents is 1. The van der Waals surface area contributed by atoms with E-state index in [9.17, 15) is 22.9 Å². The molecule has 0 amide bonds. The molecule has 9 heteroatoms. The summed E-state index contributed by atoms with van der Waals surface area (Å²) in [6, 6.07) is 8.27. The van der Waals surface area contributed by atoms with E-state index in [2.05, 4.69) is 15.9 Å². The monoisotopic (exact) mass is 374 g/mol. The first-order valence-electron chi connectivity index (χ1n) is 5.52. The van der Waals surface area contributed by atoms with Gasteiger partial charge < -0.3 is 0 Å². The molecule has 0 heterocycles. The van der Waals surface area contributed by atoms with Crippen LogP contribution in [0.4, 0.5) is 15.8 Å². The standard InChI is InChI=1S/C12H8BrFN2O4S/c13-8-1-4-10(5-2-8)21(19,20)15-12-7-9(16(17)18)3-6-11(12)14/h1-7,15H. The highest BCUT2D eigenvalue weighted by molar-refractivity contribution is 9.10. The van der Waals surface area contributed by atoms with Gasteiger partial charge in [-0.15, -0.1) is 0 Å². The summed E-state index contributed by atoms with van der Waals surface area (Å²) in [6.07, 6.45) is 0. The Morgan fingerprint density at radius 2 is 1.76 bits per heavy atom. The van der Waals surface area contributed by atoms with Crippen LogP contribution in [-0.4, -0.2) is 13.3 Å². The molecule has 0 fully saturated rings. The van der Waals surface area contributed by atoms with Crippen LogP contribution >= 0.6 is 15.9 Å². The number of anilines is 1. The van der Waals surface area contributed by atoms with Crippen molar-refractivity contribution >= 4 is 37.3 Å². The summed E-state index contributed by atoms with van der Waals surface area (Å²) in [5.41, 5.74) is -0.892. The first-order chi connectivity index (χ1) is 9.79. The van der Waals surface area contributed by atoms with Gasteiger partial charge in [0.1, 0.15) is 5.82 Å². The highest BCUT2D eigenvalue weighted by atomic mass is 79.9. The first-order valence-corrected chi connectivity index (χ1v) is 7.79. The molecule has 2 rings (SSSR count). The lowest BCUT2D eigenvalue weighted by Crippen LogP contribution is -2.14. The van der Waals surface area contributed by atoms with Crippen LogP contribution < -0.4 is 4.72 Å². The van der Waals surface area contributed by atoms with E-state index >= 15 is 0 Å². The van der Waals surface area contributed by atoms with Gasteiger partial charge in [-0.1, -0.05) is 15.9 Å². The van der Waals surface area contributed by atoms with Crippen LogP contribution in [0.15, 0.2) is 51.8 Å². The molecule has 0 saturated carbocycles. The van der Waals surface area contributed by atoms with Gasteiger partial charge in [0.2, 0.25) is 0 Å². The Hall–Kier alpha value is -2.00. The van der Waals surface area contributed by atoms with Crippen LogP contribution in [0.1, 0.15) is 0 Å². The van der Waals surface area contributed by atoms with Gasteiger partial charge in [-0.3, -0.25) is 14.8 Å². The zero-order chi connectivity index (χ0) is 15.6. The molecular formula is C12H8BrFN2O4S. The third-order valence-electron chi connectivity index (χ3n) is 2.53. The van der Waals surface area contributed by atoms with Gasteiger partial charge in [-0.2, -0.15) is 0 Å². The molecule has 110 valence electrons. The van der Waals surface area contributed by atoms with E-state index in [0.29, 0.717) is 4.47 Å². The zero-order valence-electron chi connectivity index (χ0n) is 10.3. The van der Waals surface area contributed by atoms with Gasteiger partial charge in [0.05, 0.1) is 15.5 Å². The van der Waals surface area contributed by atoms with Gasteiger partial charge in [0.25, 0.3) is 15.7 Å². The lowest BCUT2D eigenvalue weighted by molar-refractivity contribution is -0.384. The van der Waals surface area contributed by atoms with E-state index < -0.39 is 32.1 Å². The van der Waals surface area contributed by atoms with Crippen molar-refractivity contribution in [2.45, 2.75) is 4.90 Å². The summed E-state index contributed by atoms with van der Waals surface area (Å²) in [5, 5.41) is 10.6. The Labute approximate surface area is 127 Å². The maximum atomic E-state index is 13.6. The summed E-state index contributed by atoms with van der Waals surface area (Å²) >= 11 is 3.17. The molecule has 2 aromatic carbocycles. The molecule has 0 aliphatic carbocycles. The number of hydrogen-bond acceptors (Lipinski definition) is 4. The molecular weight excluding hydrogens is 367 g/mol. The minimum Gasteiger partial charge on any atom is -0.276 e. The molecule has 0 aromatic heterocycles. The summed E-state index contributed by atoms with van der Waals surface area (Å²) in [7, 11) is -4.03. The van der Waals surface area contributed by atoms with E-state index in [1.54, 1.807) is 0 Å². The Kier molecular flexibility index (Phi) is 4.24. The predicted molar refractivity (Wildman–Crippen MR) is 78.0 cm³/mol. The fourth-order valence-corrected chi connectivity index (χ4v) is 2.84. The van der Waals surface area contributed by atoms with Crippen LogP contribution in [0.3, 0.4) is 0 Å². The topological polar surface area (TPSA) is 89.3 Å². The van der Waals surface area contributed by atoms with Crippen LogP contribution in [-0.2, 0) is 10.0 Å². The van der Waals surface area contributed by atoms with Crippen molar-refractivity contribution in [1.82, 2.24) is 0 Å². The number of nitrogens with zero attached hydrogens (tertiary/aromatic N) is 1. The second-order valence-corrected chi connectivity index (χ2v) is 6.58. The van der Waals surface area contributed by atoms with Gasteiger partial charge in [0.15, 0.2) is 0 Å². The molecule has 0 bridgehead atoms. The van der Waals surface area contributed by atoms with E-state index in [4.69, 9.17) is 0 Å². The number of rotatable bonds is 4.